The van der Waals surface area contributed by atoms with Crippen molar-refractivity contribution in [1.82, 2.24) is 9.97 Å². The predicted octanol–water partition coefficient (Wildman–Crippen LogP) is 4.41. The Kier molecular flexibility index (Phi) is 3.32. The van der Waals surface area contributed by atoms with Gasteiger partial charge in [-0.2, -0.15) is 0 Å². The minimum atomic E-state index is 0.390. The largest absolute Gasteiger partial charge is 0.290 e. The van der Waals surface area contributed by atoms with E-state index < -0.39 is 0 Å². The number of pyridine rings is 2. The van der Waals surface area contributed by atoms with Crippen molar-refractivity contribution in [1.29, 1.82) is 0 Å². The molecule has 0 N–H and O–H groups in total. The first-order valence-corrected chi connectivity index (χ1v) is 6.53. The molecule has 1 aromatic carbocycles. The van der Waals surface area contributed by atoms with Crippen molar-refractivity contribution < 1.29 is 0 Å². The van der Waals surface area contributed by atoms with Crippen LogP contribution in [0.1, 0.15) is 5.56 Å². The predicted molar refractivity (Wildman–Crippen MR) is 82.0 cm³/mol. The van der Waals surface area contributed by atoms with Crippen molar-refractivity contribution in [2.24, 2.45) is 0 Å². The van der Waals surface area contributed by atoms with Crippen LogP contribution >= 0.6 is 11.6 Å². The highest BCUT2D eigenvalue weighted by Crippen LogP contribution is 2.28. The van der Waals surface area contributed by atoms with Gasteiger partial charge in [-0.3, -0.25) is 4.98 Å². The van der Waals surface area contributed by atoms with Crippen LogP contribution in [0, 0.1) is 6.57 Å². The molecule has 2 aromatic heterocycles. The number of nitrogens with zero attached hydrogens (tertiary/aromatic N) is 3. The second-order valence-corrected chi connectivity index (χ2v) is 4.77. The van der Waals surface area contributed by atoms with Crippen LogP contribution in [-0.4, -0.2) is 9.97 Å². The van der Waals surface area contributed by atoms with Gasteiger partial charge in [0.05, 0.1) is 21.8 Å². The highest BCUT2D eigenvalue weighted by molar-refractivity contribution is 6.35. The summed E-state index contributed by atoms with van der Waals surface area (Å²) in [4.78, 5) is 12.7. The van der Waals surface area contributed by atoms with Crippen LogP contribution < -0.4 is 0 Å². The number of aromatic nitrogens is 2. The van der Waals surface area contributed by atoms with E-state index in [1.54, 1.807) is 6.20 Å². The van der Waals surface area contributed by atoms with Crippen LogP contribution in [0.15, 0.2) is 48.7 Å². The molecule has 0 amide bonds. The van der Waals surface area contributed by atoms with Crippen molar-refractivity contribution in [3.63, 3.8) is 0 Å². The first kappa shape index (κ1) is 12.6. The van der Waals surface area contributed by atoms with Gasteiger partial charge < -0.3 is 0 Å². The summed E-state index contributed by atoms with van der Waals surface area (Å²) in [6.07, 6.45) is 1.73. The minimum Gasteiger partial charge on any atom is -0.255 e. The van der Waals surface area contributed by atoms with Crippen LogP contribution in [0.2, 0.25) is 5.02 Å². The van der Waals surface area contributed by atoms with Gasteiger partial charge in [0.25, 0.3) is 13.1 Å². The van der Waals surface area contributed by atoms with Crippen LogP contribution in [0.5, 0.6) is 0 Å². The zero-order valence-corrected chi connectivity index (χ0v) is 11.4. The Morgan fingerprint density at radius 3 is 2.80 bits per heavy atom. The second kappa shape index (κ2) is 5.28. The molecule has 4 heteroatoms. The van der Waals surface area contributed by atoms with Crippen LogP contribution in [0.3, 0.4) is 0 Å². The fourth-order valence-corrected chi connectivity index (χ4v) is 2.37. The summed E-state index contributed by atoms with van der Waals surface area (Å²) in [7, 11) is 0. The Bertz CT molecular complexity index is 807. The van der Waals surface area contributed by atoms with Crippen LogP contribution in [-0.2, 0) is 6.54 Å². The zero-order chi connectivity index (χ0) is 13.9. The number of rotatable bonds is 2. The molecule has 20 heavy (non-hydrogen) atoms. The quantitative estimate of drug-likeness (QED) is 0.696. The molecule has 3 rings (SSSR count). The van der Waals surface area contributed by atoms with Crippen molar-refractivity contribution >= 4 is 22.5 Å². The molecule has 0 aliphatic rings. The minimum absolute atomic E-state index is 0.390. The topological polar surface area (TPSA) is 30.1 Å². The molecule has 0 saturated heterocycles. The number of fused-ring (bicyclic) bond motifs is 1. The van der Waals surface area contributed by atoms with Crippen molar-refractivity contribution in [3.8, 4) is 18.0 Å². The van der Waals surface area contributed by atoms with E-state index in [1.807, 2.05) is 42.5 Å². The van der Waals surface area contributed by atoms with Gasteiger partial charge in [0.15, 0.2) is 0 Å². The van der Waals surface area contributed by atoms with E-state index in [-0.39, 0.29) is 0 Å². The number of hydrogen-bond acceptors (Lipinski definition) is 2. The number of benzene rings is 1. The molecule has 3 nitrogen and oxygen atoms in total. The lowest BCUT2D eigenvalue weighted by Crippen LogP contribution is -1.95. The Morgan fingerprint density at radius 1 is 1.15 bits per heavy atom. The first-order valence-electron chi connectivity index (χ1n) is 6.16. The van der Waals surface area contributed by atoms with Gasteiger partial charge in [0, 0.05) is 11.6 Å². The third-order valence-corrected chi connectivity index (χ3v) is 3.35. The maximum Gasteiger partial charge on any atom is 0.290 e. The first-order chi connectivity index (χ1) is 9.79. The Labute approximate surface area is 121 Å². The molecule has 0 bridgehead atoms. The van der Waals surface area contributed by atoms with Crippen molar-refractivity contribution in [3.05, 3.63) is 64.1 Å². The van der Waals surface area contributed by atoms with E-state index in [2.05, 4.69) is 14.8 Å². The molecular formula is C16H11ClN3+. The molecule has 3 aromatic rings. The fraction of sp³-hybridized carbons (Fsp3) is 0.0625. The lowest BCUT2D eigenvalue weighted by atomic mass is 10.1. The third-order valence-electron chi connectivity index (χ3n) is 3.04. The summed E-state index contributed by atoms with van der Waals surface area (Å²) in [5.74, 6) is 0. The highest BCUT2D eigenvalue weighted by atomic mass is 35.5. The molecule has 0 unspecified atom stereocenters. The summed E-state index contributed by atoms with van der Waals surface area (Å²) in [6.45, 7) is 5.72. The van der Waals surface area contributed by atoms with Gasteiger partial charge in [0.1, 0.15) is 5.69 Å². The molecule has 0 atom stereocenters. The fourth-order valence-electron chi connectivity index (χ4n) is 2.15. The number of para-hydroxylation sites is 1. The molecule has 0 radical (unpaired) electrons. The van der Waals surface area contributed by atoms with Crippen LogP contribution in [0.4, 0.5) is 0 Å². The summed E-state index contributed by atoms with van der Waals surface area (Å²) in [5, 5.41) is 1.59. The monoisotopic (exact) mass is 280 g/mol. The Morgan fingerprint density at radius 2 is 2.05 bits per heavy atom. The molecule has 96 valence electrons. The molecule has 0 saturated carbocycles. The van der Waals surface area contributed by atoms with Gasteiger partial charge in [-0.25, -0.2) is 4.98 Å². The molecule has 0 spiro atoms. The summed E-state index contributed by atoms with van der Waals surface area (Å²) < 4.78 is 0. The molecule has 0 aliphatic heterocycles. The third kappa shape index (κ3) is 2.22. The summed E-state index contributed by atoms with van der Waals surface area (Å²) in [6, 6.07) is 13.4. The lowest BCUT2D eigenvalue weighted by molar-refractivity contribution is 1.19. The summed E-state index contributed by atoms with van der Waals surface area (Å²) >= 11 is 6.21. The van der Waals surface area contributed by atoms with E-state index in [0.717, 1.165) is 27.9 Å². The van der Waals surface area contributed by atoms with Gasteiger partial charge in [0.2, 0.25) is 0 Å². The van der Waals surface area contributed by atoms with E-state index >= 15 is 0 Å². The van der Waals surface area contributed by atoms with Gasteiger partial charge in [-0.05, 0) is 24.3 Å². The summed E-state index contributed by atoms with van der Waals surface area (Å²) in [5.41, 5.74) is 3.24. The number of hydrogen-bond donors (Lipinski definition) is 0. The van der Waals surface area contributed by atoms with Crippen molar-refractivity contribution in [2.45, 2.75) is 6.54 Å². The molecule has 2 heterocycles. The van der Waals surface area contributed by atoms with E-state index in [9.17, 15) is 0 Å². The highest BCUT2D eigenvalue weighted by Gasteiger charge is 2.14. The molecule has 0 fully saturated rings. The average Bonchev–Trinajstić information content (AvgIpc) is 2.48. The SMILES string of the molecule is C#[N+]Cc1cc2cccc(Cl)c2nc1-c1ccccn1. The van der Waals surface area contributed by atoms with Gasteiger partial charge in [-0.1, -0.05) is 34.6 Å². The Balaban J connectivity index is 2.31. The van der Waals surface area contributed by atoms with Crippen molar-refractivity contribution in [2.75, 3.05) is 0 Å². The van der Waals surface area contributed by atoms with E-state index in [0.29, 0.717) is 11.6 Å². The van der Waals surface area contributed by atoms with E-state index in [4.69, 9.17) is 18.2 Å². The smallest absolute Gasteiger partial charge is 0.255 e. The van der Waals surface area contributed by atoms with E-state index in [1.165, 1.54) is 0 Å². The lowest BCUT2D eigenvalue weighted by Gasteiger charge is -2.07. The zero-order valence-electron chi connectivity index (χ0n) is 10.6. The maximum absolute atomic E-state index is 6.21. The normalized spacial score (nSPS) is 10.4. The van der Waals surface area contributed by atoms with Gasteiger partial charge >= 0.3 is 0 Å². The number of halogens is 1. The Hall–Kier alpha value is -2.44. The second-order valence-electron chi connectivity index (χ2n) is 4.36. The van der Waals surface area contributed by atoms with Gasteiger partial charge in [-0.15, -0.1) is 0 Å². The molecular weight excluding hydrogens is 270 g/mol. The average molecular weight is 281 g/mol. The molecule has 0 aliphatic carbocycles. The maximum atomic E-state index is 6.21. The standard InChI is InChI=1S/C16H11ClN3/c1-18-10-12-9-11-5-4-6-13(17)15(11)20-16(12)14-7-2-3-8-19-14/h1-9H,10H2/q+1. The van der Waals surface area contributed by atoms with Crippen LogP contribution in [0.25, 0.3) is 27.1 Å².